The fourth-order valence-electron chi connectivity index (χ4n) is 2.41. The zero-order valence-electron chi connectivity index (χ0n) is 12.9. The van der Waals surface area contributed by atoms with Crippen molar-refractivity contribution in [1.82, 2.24) is 10.2 Å². The quantitative estimate of drug-likeness (QED) is 0.479. The summed E-state index contributed by atoms with van der Waals surface area (Å²) >= 11 is 0. The molecule has 1 heterocycles. The smallest absolute Gasteiger partial charge is 0.328 e. The van der Waals surface area contributed by atoms with E-state index in [1.807, 2.05) is 6.92 Å². The lowest BCUT2D eigenvalue weighted by atomic mass is 10.1. The third-order valence-electron chi connectivity index (χ3n) is 3.47. The number of hydrogen-bond acceptors (Lipinski definition) is 4. The van der Waals surface area contributed by atoms with Gasteiger partial charge in [-0.2, -0.15) is 0 Å². The molecule has 0 aromatic carbocycles. The molecule has 1 fully saturated rings. The molecule has 1 saturated heterocycles. The third-order valence-corrected chi connectivity index (χ3v) is 3.47. The maximum atomic E-state index is 12.3. The second-order valence-corrected chi connectivity index (χ2v) is 5.22. The van der Waals surface area contributed by atoms with E-state index in [2.05, 4.69) is 11.9 Å². The van der Waals surface area contributed by atoms with Crippen molar-refractivity contribution in [3.05, 3.63) is 12.7 Å². The normalized spacial score (nSPS) is 18.8. The van der Waals surface area contributed by atoms with Crippen LogP contribution in [0.1, 0.15) is 32.6 Å². The van der Waals surface area contributed by atoms with E-state index in [0.717, 1.165) is 12.8 Å². The van der Waals surface area contributed by atoms with Crippen LogP contribution < -0.4 is 5.32 Å². The topological polar surface area (TPSA) is 95.9 Å². The number of aliphatic carboxylic acids is 1. The Balaban J connectivity index is 2.62. The minimum absolute atomic E-state index is 0.0602. The van der Waals surface area contributed by atoms with E-state index in [4.69, 9.17) is 9.84 Å². The molecular weight excluding hydrogens is 288 g/mol. The van der Waals surface area contributed by atoms with Crippen LogP contribution in [0.2, 0.25) is 0 Å². The first kappa shape index (κ1) is 18.2. The maximum absolute atomic E-state index is 12.3. The number of nitrogens with zero attached hydrogens (tertiary/aromatic N) is 1. The highest BCUT2D eigenvalue weighted by molar-refractivity contribution is 5.90. The van der Waals surface area contributed by atoms with Gasteiger partial charge in [0, 0.05) is 13.0 Å². The first-order chi connectivity index (χ1) is 10.5. The minimum Gasteiger partial charge on any atom is -0.480 e. The van der Waals surface area contributed by atoms with Crippen molar-refractivity contribution in [3.63, 3.8) is 0 Å². The molecular formula is C15H24N2O5. The van der Waals surface area contributed by atoms with Gasteiger partial charge < -0.3 is 20.1 Å². The van der Waals surface area contributed by atoms with Crippen molar-refractivity contribution in [2.45, 2.75) is 44.7 Å². The van der Waals surface area contributed by atoms with E-state index < -0.39 is 24.0 Å². The van der Waals surface area contributed by atoms with E-state index >= 15 is 0 Å². The van der Waals surface area contributed by atoms with Crippen LogP contribution in [-0.2, 0) is 19.1 Å². The predicted octanol–water partition coefficient (Wildman–Crippen LogP) is 0.549. The summed E-state index contributed by atoms with van der Waals surface area (Å²) in [6.45, 7) is 5.99. The van der Waals surface area contributed by atoms with Crippen LogP contribution in [0, 0.1) is 0 Å². The Morgan fingerprint density at radius 3 is 2.82 bits per heavy atom. The molecule has 1 rings (SSSR count). The molecule has 0 saturated carbocycles. The molecule has 7 nitrogen and oxygen atoms in total. The average Bonchev–Trinajstić information content (AvgIpc) is 2.96. The number of carboxylic acids is 1. The Kier molecular flexibility index (Phi) is 7.59. The predicted molar refractivity (Wildman–Crippen MR) is 80.2 cm³/mol. The minimum atomic E-state index is -1.16. The van der Waals surface area contributed by atoms with Gasteiger partial charge in [-0.1, -0.05) is 13.0 Å². The van der Waals surface area contributed by atoms with Gasteiger partial charge in [-0.3, -0.25) is 9.59 Å². The number of likely N-dealkylation sites (tertiary alicyclic amines) is 1. The van der Waals surface area contributed by atoms with Gasteiger partial charge in [0.1, 0.15) is 6.04 Å². The second kappa shape index (κ2) is 9.19. The molecule has 0 aromatic heterocycles. The van der Waals surface area contributed by atoms with Gasteiger partial charge >= 0.3 is 5.97 Å². The number of hydrogen-bond donors (Lipinski definition) is 2. The van der Waals surface area contributed by atoms with E-state index in [0.29, 0.717) is 19.4 Å². The lowest BCUT2D eigenvalue weighted by Gasteiger charge is -2.25. The molecule has 1 aliphatic rings. The average molecular weight is 312 g/mol. The van der Waals surface area contributed by atoms with Crippen LogP contribution in [-0.4, -0.2) is 59.6 Å². The first-order valence-corrected chi connectivity index (χ1v) is 7.52. The monoisotopic (exact) mass is 312 g/mol. The standard InChI is InChI=1S/C15H24N2O5/c1-3-6-13(18)17-8-5-7-12(17)14(19)16-11(15(20)21)10-22-9-4-2/h4,11-12H,2-3,5-10H2,1H3,(H,16,19)(H,20,21). The molecule has 1 aliphatic heterocycles. The molecule has 7 heteroatoms. The summed E-state index contributed by atoms with van der Waals surface area (Å²) in [5.41, 5.74) is 0. The number of amides is 2. The summed E-state index contributed by atoms with van der Waals surface area (Å²) in [6.07, 6.45) is 3.92. The zero-order valence-corrected chi connectivity index (χ0v) is 12.9. The summed E-state index contributed by atoms with van der Waals surface area (Å²) in [5.74, 6) is -1.66. The Morgan fingerprint density at radius 2 is 2.23 bits per heavy atom. The molecule has 2 atom stereocenters. The van der Waals surface area contributed by atoms with Crippen molar-refractivity contribution >= 4 is 17.8 Å². The van der Waals surface area contributed by atoms with E-state index in [1.165, 1.54) is 6.08 Å². The molecule has 2 amide bonds. The highest BCUT2D eigenvalue weighted by Crippen LogP contribution is 2.19. The number of carbonyl (C=O) groups excluding carboxylic acids is 2. The van der Waals surface area contributed by atoms with Crippen LogP contribution in [0.4, 0.5) is 0 Å². The molecule has 0 bridgehead atoms. The highest BCUT2D eigenvalue weighted by atomic mass is 16.5. The fourth-order valence-corrected chi connectivity index (χ4v) is 2.41. The first-order valence-electron chi connectivity index (χ1n) is 7.52. The number of rotatable bonds is 9. The van der Waals surface area contributed by atoms with E-state index in [9.17, 15) is 14.4 Å². The van der Waals surface area contributed by atoms with Crippen LogP contribution in [0.5, 0.6) is 0 Å². The lowest BCUT2D eigenvalue weighted by Crippen LogP contribution is -2.52. The van der Waals surface area contributed by atoms with Gasteiger partial charge in [-0.15, -0.1) is 6.58 Å². The van der Waals surface area contributed by atoms with Crippen molar-refractivity contribution in [1.29, 1.82) is 0 Å². The summed E-state index contributed by atoms with van der Waals surface area (Å²) in [4.78, 5) is 37.0. The van der Waals surface area contributed by atoms with Gasteiger partial charge in [0.15, 0.2) is 6.04 Å². The van der Waals surface area contributed by atoms with Gasteiger partial charge in [-0.05, 0) is 19.3 Å². The molecule has 0 spiro atoms. The Bertz CT molecular complexity index is 424. The summed E-state index contributed by atoms with van der Waals surface area (Å²) in [5, 5.41) is 11.6. The van der Waals surface area contributed by atoms with Crippen molar-refractivity contribution in [2.24, 2.45) is 0 Å². The van der Waals surface area contributed by atoms with Gasteiger partial charge in [0.25, 0.3) is 0 Å². The molecule has 124 valence electrons. The highest BCUT2D eigenvalue weighted by Gasteiger charge is 2.35. The van der Waals surface area contributed by atoms with Gasteiger partial charge in [-0.25, -0.2) is 4.79 Å². The van der Waals surface area contributed by atoms with Gasteiger partial charge in [0.2, 0.25) is 11.8 Å². The molecule has 22 heavy (non-hydrogen) atoms. The van der Waals surface area contributed by atoms with Crippen LogP contribution in [0.25, 0.3) is 0 Å². The van der Waals surface area contributed by atoms with Crippen LogP contribution >= 0.6 is 0 Å². The van der Waals surface area contributed by atoms with Crippen molar-refractivity contribution < 1.29 is 24.2 Å². The number of nitrogens with one attached hydrogen (secondary N) is 1. The molecule has 2 N–H and O–H groups in total. The van der Waals surface area contributed by atoms with Crippen LogP contribution in [0.3, 0.4) is 0 Å². The SMILES string of the molecule is C=CCOCC(NC(=O)C1CCCN1C(=O)CCC)C(=O)O. The molecule has 0 aromatic rings. The maximum Gasteiger partial charge on any atom is 0.328 e. The Labute approximate surface area is 130 Å². The largest absolute Gasteiger partial charge is 0.480 e. The van der Waals surface area contributed by atoms with Gasteiger partial charge in [0.05, 0.1) is 13.2 Å². The Morgan fingerprint density at radius 1 is 1.50 bits per heavy atom. The number of carbonyl (C=O) groups is 3. The van der Waals surface area contributed by atoms with E-state index in [1.54, 1.807) is 4.90 Å². The fraction of sp³-hybridized carbons (Fsp3) is 0.667. The summed E-state index contributed by atoms with van der Waals surface area (Å²) in [7, 11) is 0. The van der Waals surface area contributed by atoms with Crippen LogP contribution in [0.15, 0.2) is 12.7 Å². The summed E-state index contributed by atoms with van der Waals surface area (Å²) in [6, 6.07) is -1.71. The Hall–Kier alpha value is -1.89. The van der Waals surface area contributed by atoms with Crippen molar-refractivity contribution in [2.75, 3.05) is 19.8 Å². The third kappa shape index (κ3) is 5.14. The second-order valence-electron chi connectivity index (χ2n) is 5.22. The van der Waals surface area contributed by atoms with E-state index in [-0.39, 0.29) is 19.1 Å². The van der Waals surface area contributed by atoms with Crippen molar-refractivity contribution in [3.8, 4) is 0 Å². The zero-order chi connectivity index (χ0) is 16.5. The molecule has 0 radical (unpaired) electrons. The summed E-state index contributed by atoms with van der Waals surface area (Å²) < 4.78 is 5.09. The lowest BCUT2D eigenvalue weighted by molar-refractivity contribution is -0.145. The molecule has 2 unspecified atom stereocenters. The number of ether oxygens (including phenoxy) is 1. The molecule has 0 aliphatic carbocycles. The number of carboxylic acid groups (broad SMARTS) is 1.